The summed E-state index contributed by atoms with van der Waals surface area (Å²) < 4.78 is 25.2. The maximum Gasteiger partial charge on any atom is 0.219 e. The van der Waals surface area contributed by atoms with Gasteiger partial charge in [-0.05, 0) is 33.2 Å². The third-order valence-electron chi connectivity index (χ3n) is 3.48. The zero-order valence-corrected chi connectivity index (χ0v) is 15.4. The predicted octanol–water partition coefficient (Wildman–Crippen LogP) is 2.44. The number of amides is 1. The van der Waals surface area contributed by atoms with Gasteiger partial charge in [0.15, 0.2) is 0 Å². The molecule has 0 aromatic carbocycles. The van der Waals surface area contributed by atoms with Crippen LogP contribution in [0, 0.1) is 0 Å². The van der Waals surface area contributed by atoms with Gasteiger partial charge in [-0.2, -0.15) is 0 Å². The molecule has 0 heterocycles. The van der Waals surface area contributed by atoms with Crippen molar-refractivity contribution in [1.29, 1.82) is 0 Å². The van der Waals surface area contributed by atoms with Gasteiger partial charge in [-0.1, -0.05) is 20.8 Å². The number of halogens is 1. The third kappa shape index (κ3) is 12.4. The highest BCUT2D eigenvalue weighted by Gasteiger charge is 2.30. The summed E-state index contributed by atoms with van der Waals surface area (Å²) in [4.78, 5) is 11.1. The Morgan fingerprint density at radius 3 is 2.43 bits per heavy atom. The van der Waals surface area contributed by atoms with E-state index in [1.165, 1.54) is 0 Å². The predicted molar refractivity (Wildman–Crippen MR) is 91.4 cm³/mol. The Labute approximate surface area is 140 Å². The molecule has 0 saturated heterocycles. The molecule has 0 aliphatic heterocycles. The Morgan fingerprint density at radius 2 is 1.83 bits per heavy atom. The second-order valence-electron chi connectivity index (χ2n) is 6.51. The molecule has 0 aliphatic rings. The molecule has 0 rings (SSSR count). The van der Waals surface area contributed by atoms with Crippen LogP contribution in [-0.4, -0.2) is 56.6 Å². The monoisotopic (exact) mass is 334 g/mol. The van der Waals surface area contributed by atoms with Gasteiger partial charge in [-0.15, -0.1) is 0 Å². The molecule has 0 bridgehead atoms. The summed E-state index contributed by atoms with van der Waals surface area (Å²) in [5.41, 5.74) is -0.914. The lowest BCUT2D eigenvalue weighted by molar-refractivity contribution is -0.122. The quantitative estimate of drug-likeness (QED) is 0.479. The summed E-state index contributed by atoms with van der Waals surface area (Å²) in [5.74, 6) is -0.149. The van der Waals surface area contributed by atoms with Crippen molar-refractivity contribution in [2.75, 3.05) is 32.9 Å². The lowest BCUT2D eigenvalue weighted by Gasteiger charge is -2.29. The fourth-order valence-corrected chi connectivity index (χ4v) is 1.83. The third-order valence-corrected chi connectivity index (χ3v) is 3.48. The molecule has 1 unspecified atom stereocenters. The van der Waals surface area contributed by atoms with Crippen LogP contribution in [0.1, 0.15) is 53.9 Å². The van der Waals surface area contributed by atoms with E-state index in [9.17, 15) is 9.18 Å². The molecule has 1 amide bonds. The van der Waals surface area contributed by atoms with Crippen molar-refractivity contribution < 1.29 is 18.7 Å². The first-order valence-corrected chi connectivity index (χ1v) is 8.65. The highest BCUT2D eigenvalue weighted by atomic mass is 19.1. The van der Waals surface area contributed by atoms with Crippen LogP contribution in [0.25, 0.3) is 0 Å². The first-order valence-electron chi connectivity index (χ1n) is 8.65. The lowest BCUT2D eigenvalue weighted by atomic mass is 10.0. The number of ether oxygens (including phenoxy) is 2. The van der Waals surface area contributed by atoms with Gasteiger partial charge in [0.25, 0.3) is 0 Å². The number of carbonyl (C=O) groups is 1. The van der Waals surface area contributed by atoms with Crippen molar-refractivity contribution in [3.05, 3.63) is 0 Å². The van der Waals surface area contributed by atoms with Gasteiger partial charge >= 0.3 is 0 Å². The second-order valence-corrected chi connectivity index (χ2v) is 6.51. The Bertz CT molecular complexity index is 312. The Kier molecular flexibility index (Phi) is 12.3. The maximum atomic E-state index is 14.1. The van der Waals surface area contributed by atoms with E-state index in [1.807, 2.05) is 0 Å². The molecular weight excluding hydrogens is 299 g/mol. The minimum absolute atomic E-state index is 0.0149. The van der Waals surface area contributed by atoms with Gasteiger partial charge < -0.3 is 20.1 Å². The molecule has 0 spiro atoms. The van der Waals surface area contributed by atoms with Gasteiger partial charge in [-0.25, -0.2) is 4.39 Å². The van der Waals surface area contributed by atoms with Gasteiger partial charge in [0.2, 0.25) is 5.91 Å². The van der Waals surface area contributed by atoms with Gasteiger partial charge in [0.05, 0.1) is 12.1 Å². The first kappa shape index (κ1) is 22.3. The van der Waals surface area contributed by atoms with Crippen molar-refractivity contribution in [1.82, 2.24) is 10.6 Å². The number of hydrogen-bond donors (Lipinski definition) is 2. The van der Waals surface area contributed by atoms with E-state index in [4.69, 9.17) is 9.47 Å². The fourth-order valence-electron chi connectivity index (χ4n) is 1.83. The molecule has 1 atom stereocenters. The summed E-state index contributed by atoms with van der Waals surface area (Å²) in [7, 11) is 0. The minimum atomic E-state index is -1.24. The van der Waals surface area contributed by atoms with Crippen molar-refractivity contribution in [2.45, 2.75) is 71.7 Å². The summed E-state index contributed by atoms with van der Waals surface area (Å²) in [6, 6.07) is 0.501. The summed E-state index contributed by atoms with van der Waals surface area (Å²) in [6.07, 6.45) is 0.836. The zero-order chi connectivity index (χ0) is 17.7. The molecular formula is C17H35FN2O3. The average molecular weight is 334 g/mol. The van der Waals surface area contributed by atoms with Crippen LogP contribution in [0.2, 0.25) is 0 Å². The van der Waals surface area contributed by atoms with E-state index in [0.717, 1.165) is 26.0 Å². The summed E-state index contributed by atoms with van der Waals surface area (Å²) >= 11 is 0. The molecule has 0 aromatic rings. The van der Waals surface area contributed by atoms with E-state index >= 15 is 0 Å². The molecule has 23 heavy (non-hydrogen) atoms. The maximum absolute atomic E-state index is 14.1. The SMILES string of the molecule is CCC(=O)NCC(F)C(C)(C)OCCCOCCCNC(C)C. The normalized spacial score (nSPS) is 13.3. The standard InChI is InChI=1S/C17H35FN2O3/c1-6-16(21)20-13-15(18)17(4,5)23-12-8-11-22-10-7-9-19-14(2)3/h14-15,19H,6-13H2,1-5H3,(H,20,21). The Balaban J connectivity index is 3.63. The molecule has 138 valence electrons. The molecule has 0 fully saturated rings. The van der Waals surface area contributed by atoms with Gasteiger partial charge in [-0.3, -0.25) is 4.79 Å². The number of carbonyl (C=O) groups excluding carboxylic acids is 1. The van der Waals surface area contributed by atoms with Crippen molar-refractivity contribution >= 4 is 5.91 Å². The van der Waals surface area contributed by atoms with E-state index in [-0.39, 0.29) is 12.5 Å². The largest absolute Gasteiger partial charge is 0.381 e. The highest BCUT2D eigenvalue weighted by Crippen LogP contribution is 2.18. The van der Waals surface area contributed by atoms with E-state index in [1.54, 1.807) is 20.8 Å². The topological polar surface area (TPSA) is 59.6 Å². The fraction of sp³-hybridized carbons (Fsp3) is 0.941. The molecule has 5 nitrogen and oxygen atoms in total. The summed E-state index contributed by atoms with van der Waals surface area (Å²) in [5, 5.41) is 5.88. The number of rotatable bonds is 14. The number of hydrogen-bond acceptors (Lipinski definition) is 4. The second kappa shape index (κ2) is 12.7. The minimum Gasteiger partial charge on any atom is -0.381 e. The van der Waals surface area contributed by atoms with E-state index in [0.29, 0.717) is 25.7 Å². The van der Waals surface area contributed by atoms with E-state index < -0.39 is 11.8 Å². The zero-order valence-electron chi connectivity index (χ0n) is 15.4. The molecule has 0 aromatic heterocycles. The Morgan fingerprint density at radius 1 is 1.17 bits per heavy atom. The van der Waals surface area contributed by atoms with Crippen LogP contribution in [0.15, 0.2) is 0 Å². The number of alkyl halides is 1. The van der Waals surface area contributed by atoms with Crippen LogP contribution < -0.4 is 10.6 Å². The lowest BCUT2D eigenvalue weighted by Crippen LogP contribution is -2.44. The highest BCUT2D eigenvalue weighted by molar-refractivity contribution is 5.75. The van der Waals surface area contributed by atoms with Crippen molar-refractivity contribution in [2.24, 2.45) is 0 Å². The Hall–Kier alpha value is -0.720. The van der Waals surface area contributed by atoms with Gasteiger partial charge in [0, 0.05) is 32.3 Å². The van der Waals surface area contributed by atoms with Crippen molar-refractivity contribution in [3.63, 3.8) is 0 Å². The van der Waals surface area contributed by atoms with Crippen molar-refractivity contribution in [3.8, 4) is 0 Å². The van der Waals surface area contributed by atoms with E-state index in [2.05, 4.69) is 24.5 Å². The van der Waals surface area contributed by atoms with Crippen LogP contribution in [-0.2, 0) is 14.3 Å². The molecule has 2 N–H and O–H groups in total. The molecule has 0 saturated carbocycles. The van der Waals surface area contributed by atoms with Crippen LogP contribution in [0.5, 0.6) is 0 Å². The summed E-state index contributed by atoms with van der Waals surface area (Å²) in [6.45, 7) is 12.1. The van der Waals surface area contributed by atoms with Crippen LogP contribution >= 0.6 is 0 Å². The van der Waals surface area contributed by atoms with Gasteiger partial charge in [0.1, 0.15) is 6.17 Å². The van der Waals surface area contributed by atoms with Crippen LogP contribution in [0.3, 0.4) is 0 Å². The van der Waals surface area contributed by atoms with Crippen LogP contribution in [0.4, 0.5) is 4.39 Å². The average Bonchev–Trinajstić information content (AvgIpc) is 2.50. The molecule has 0 aliphatic carbocycles. The molecule has 6 heteroatoms. The molecule has 0 radical (unpaired) electrons. The number of nitrogens with one attached hydrogen (secondary N) is 2. The first-order chi connectivity index (χ1) is 10.8. The smallest absolute Gasteiger partial charge is 0.219 e.